The normalized spacial score (nSPS) is 16.2. The van der Waals surface area contributed by atoms with Gasteiger partial charge < -0.3 is 9.80 Å². The van der Waals surface area contributed by atoms with Crippen LogP contribution in [0.1, 0.15) is 17.3 Å². The molecule has 1 aromatic rings. The molecule has 0 N–H and O–H groups in total. The van der Waals surface area contributed by atoms with Crippen LogP contribution >= 0.6 is 11.6 Å². The van der Waals surface area contributed by atoms with Crippen molar-refractivity contribution in [1.29, 1.82) is 0 Å². The third-order valence-corrected chi connectivity index (χ3v) is 3.68. The van der Waals surface area contributed by atoms with Gasteiger partial charge in [0.05, 0.1) is 4.92 Å². The lowest BCUT2D eigenvalue weighted by atomic mass is 10.2. The molecule has 2 rings (SSSR count). The van der Waals surface area contributed by atoms with Gasteiger partial charge in [0.15, 0.2) is 0 Å². The molecule has 1 amide bonds. The number of pyridine rings is 1. The van der Waals surface area contributed by atoms with Crippen molar-refractivity contribution in [3.05, 3.63) is 33.1 Å². The Labute approximate surface area is 121 Å². The lowest BCUT2D eigenvalue weighted by Gasteiger charge is -2.33. The van der Waals surface area contributed by atoms with E-state index in [4.69, 9.17) is 11.6 Å². The molecule has 0 atom stereocenters. The molecule has 0 radical (unpaired) electrons. The zero-order valence-electron chi connectivity index (χ0n) is 11.1. The van der Waals surface area contributed by atoms with Gasteiger partial charge in [-0.25, -0.2) is 4.98 Å². The maximum atomic E-state index is 12.4. The highest BCUT2D eigenvalue weighted by Gasteiger charge is 2.29. The number of nitro groups is 1. The predicted octanol–water partition coefficient (Wildman–Crippen LogP) is 1.42. The molecule has 0 bridgehead atoms. The van der Waals surface area contributed by atoms with Crippen molar-refractivity contribution < 1.29 is 9.72 Å². The van der Waals surface area contributed by atoms with Gasteiger partial charge in [0, 0.05) is 32.4 Å². The molecule has 0 saturated carbocycles. The van der Waals surface area contributed by atoms with Gasteiger partial charge in [-0.05, 0) is 12.6 Å². The summed E-state index contributed by atoms with van der Waals surface area (Å²) < 4.78 is 0. The molecular weight excluding hydrogens is 284 g/mol. The van der Waals surface area contributed by atoms with Crippen LogP contribution in [0.2, 0.25) is 5.15 Å². The zero-order valence-corrected chi connectivity index (χ0v) is 11.8. The number of aromatic nitrogens is 1. The average molecular weight is 299 g/mol. The van der Waals surface area contributed by atoms with Crippen LogP contribution in [-0.4, -0.2) is 58.3 Å². The van der Waals surface area contributed by atoms with Crippen molar-refractivity contribution >= 4 is 23.2 Å². The molecule has 1 saturated heterocycles. The number of rotatable bonds is 3. The highest BCUT2D eigenvalue weighted by molar-refractivity contribution is 6.32. The molecule has 0 unspecified atom stereocenters. The number of nitrogens with zero attached hydrogens (tertiary/aromatic N) is 4. The molecule has 8 heteroatoms. The molecule has 1 aromatic heterocycles. The van der Waals surface area contributed by atoms with Crippen LogP contribution in [0.4, 0.5) is 5.69 Å². The minimum atomic E-state index is -0.662. The monoisotopic (exact) mass is 298 g/mol. The van der Waals surface area contributed by atoms with Gasteiger partial charge in [-0.15, -0.1) is 0 Å². The fourth-order valence-electron chi connectivity index (χ4n) is 2.21. The summed E-state index contributed by atoms with van der Waals surface area (Å²) in [7, 11) is 0. The van der Waals surface area contributed by atoms with E-state index >= 15 is 0 Å². The molecule has 0 aromatic carbocycles. The maximum absolute atomic E-state index is 12.4. The fraction of sp³-hybridized carbons (Fsp3) is 0.500. The van der Waals surface area contributed by atoms with Crippen LogP contribution in [0.15, 0.2) is 12.3 Å². The molecule has 1 fully saturated rings. The first-order valence-electron chi connectivity index (χ1n) is 6.35. The molecule has 1 aliphatic rings. The summed E-state index contributed by atoms with van der Waals surface area (Å²) in [6, 6.07) is 1.35. The summed E-state index contributed by atoms with van der Waals surface area (Å²) in [4.78, 5) is 30.3. The Hall–Kier alpha value is -1.73. The van der Waals surface area contributed by atoms with E-state index in [1.165, 1.54) is 12.3 Å². The predicted molar refractivity (Wildman–Crippen MR) is 73.9 cm³/mol. The lowest BCUT2D eigenvalue weighted by Crippen LogP contribution is -2.48. The standard InChI is InChI=1S/C12H15ClN4O3/c1-2-15-5-7-16(8-6-15)12(18)9-3-4-14-11(13)10(9)17(19)20/h3-4H,2,5-8H2,1H3. The Morgan fingerprint density at radius 1 is 1.45 bits per heavy atom. The van der Waals surface area contributed by atoms with E-state index in [1.807, 2.05) is 0 Å². The van der Waals surface area contributed by atoms with E-state index in [0.29, 0.717) is 13.1 Å². The van der Waals surface area contributed by atoms with E-state index in [-0.39, 0.29) is 16.6 Å². The van der Waals surface area contributed by atoms with Gasteiger partial charge in [0.1, 0.15) is 5.56 Å². The quantitative estimate of drug-likeness (QED) is 0.479. The van der Waals surface area contributed by atoms with Crippen molar-refractivity contribution in [3.63, 3.8) is 0 Å². The first kappa shape index (κ1) is 14.7. The largest absolute Gasteiger partial charge is 0.336 e. The smallest absolute Gasteiger partial charge is 0.319 e. The van der Waals surface area contributed by atoms with Crippen molar-refractivity contribution in [2.75, 3.05) is 32.7 Å². The molecule has 0 spiro atoms. The minimum absolute atomic E-state index is 0.0000477. The third-order valence-electron chi connectivity index (χ3n) is 3.40. The summed E-state index contributed by atoms with van der Waals surface area (Å²) >= 11 is 5.72. The number of halogens is 1. The maximum Gasteiger partial charge on any atom is 0.319 e. The van der Waals surface area contributed by atoms with Crippen LogP contribution in [0.25, 0.3) is 0 Å². The zero-order chi connectivity index (χ0) is 14.7. The van der Waals surface area contributed by atoms with E-state index in [9.17, 15) is 14.9 Å². The Morgan fingerprint density at radius 2 is 2.10 bits per heavy atom. The third kappa shape index (κ3) is 2.88. The minimum Gasteiger partial charge on any atom is -0.336 e. The van der Waals surface area contributed by atoms with Crippen molar-refractivity contribution in [2.24, 2.45) is 0 Å². The number of amides is 1. The van der Waals surface area contributed by atoms with Gasteiger partial charge in [0.25, 0.3) is 5.91 Å². The first-order valence-corrected chi connectivity index (χ1v) is 6.73. The van der Waals surface area contributed by atoms with Gasteiger partial charge >= 0.3 is 5.69 Å². The van der Waals surface area contributed by atoms with Crippen LogP contribution in [-0.2, 0) is 0 Å². The highest BCUT2D eigenvalue weighted by Crippen LogP contribution is 2.27. The van der Waals surface area contributed by atoms with Gasteiger partial charge in [0.2, 0.25) is 5.15 Å². The van der Waals surface area contributed by atoms with Gasteiger partial charge in [-0.2, -0.15) is 0 Å². The average Bonchev–Trinajstić information content (AvgIpc) is 2.46. The van der Waals surface area contributed by atoms with Crippen LogP contribution in [0, 0.1) is 10.1 Å². The molecule has 20 heavy (non-hydrogen) atoms. The van der Waals surface area contributed by atoms with Crippen molar-refractivity contribution in [1.82, 2.24) is 14.8 Å². The summed E-state index contributed by atoms with van der Waals surface area (Å²) in [5, 5.41) is 10.8. The van der Waals surface area contributed by atoms with E-state index in [0.717, 1.165) is 19.6 Å². The van der Waals surface area contributed by atoms with Gasteiger partial charge in [-0.3, -0.25) is 14.9 Å². The summed E-state index contributed by atoms with van der Waals surface area (Å²) in [5.74, 6) is -0.364. The number of carbonyl (C=O) groups excluding carboxylic acids is 1. The lowest BCUT2D eigenvalue weighted by molar-refractivity contribution is -0.385. The fourth-order valence-corrected chi connectivity index (χ4v) is 2.44. The Balaban J connectivity index is 2.22. The topological polar surface area (TPSA) is 79.6 Å². The summed E-state index contributed by atoms with van der Waals surface area (Å²) in [6.45, 7) is 5.66. The SMILES string of the molecule is CCN1CCN(C(=O)c2ccnc(Cl)c2[N+](=O)[O-])CC1. The van der Waals surface area contributed by atoms with Gasteiger partial charge in [-0.1, -0.05) is 18.5 Å². The summed E-state index contributed by atoms with van der Waals surface area (Å²) in [5.41, 5.74) is -0.419. The number of piperazine rings is 1. The van der Waals surface area contributed by atoms with Crippen LogP contribution < -0.4 is 0 Å². The highest BCUT2D eigenvalue weighted by atomic mass is 35.5. The van der Waals surface area contributed by atoms with Crippen molar-refractivity contribution in [3.8, 4) is 0 Å². The second-order valence-corrected chi connectivity index (χ2v) is 4.84. The van der Waals surface area contributed by atoms with Crippen LogP contribution in [0.5, 0.6) is 0 Å². The first-order chi connectivity index (χ1) is 9.54. The molecule has 0 aliphatic carbocycles. The Kier molecular flexibility index (Phi) is 4.51. The molecule has 7 nitrogen and oxygen atoms in total. The van der Waals surface area contributed by atoms with Crippen molar-refractivity contribution in [2.45, 2.75) is 6.92 Å². The van der Waals surface area contributed by atoms with E-state index in [2.05, 4.69) is 16.8 Å². The molecule has 108 valence electrons. The number of hydrogen-bond donors (Lipinski definition) is 0. The Morgan fingerprint density at radius 3 is 2.65 bits per heavy atom. The molecule has 1 aliphatic heterocycles. The second-order valence-electron chi connectivity index (χ2n) is 4.48. The number of carbonyl (C=O) groups is 1. The van der Waals surface area contributed by atoms with E-state index in [1.54, 1.807) is 4.90 Å². The molecular formula is C12H15ClN4O3. The number of likely N-dealkylation sites (N-methyl/N-ethyl adjacent to an activating group) is 1. The summed E-state index contributed by atoms with van der Waals surface area (Å²) in [6.07, 6.45) is 1.31. The van der Waals surface area contributed by atoms with Crippen LogP contribution in [0.3, 0.4) is 0 Å². The number of hydrogen-bond acceptors (Lipinski definition) is 5. The molecule has 2 heterocycles. The second kappa shape index (κ2) is 6.15. The van der Waals surface area contributed by atoms with E-state index < -0.39 is 10.6 Å². The Bertz CT molecular complexity index is 529.